The minimum absolute atomic E-state index is 0.0853. The summed E-state index contributed by atoms with van der Waals surface area (Å²) in [5.74, 6) is 0. The minimum Gasteiger partial charge on any atom is -0.379 e. The molecule has 23 heavy (non-hydrogen) atoms. The normalized spacial score (nSPS) is 22.8. The van der Waals surface area contributed by atoms with Crippen molar-refractivity contribution in [2.75, 3.05) is 44.7 Å². The van der Waals surface area contributed by atoms with Crippen molar-refractivity contribution >= 4 is 23.3 Å². The van der Waals surface area contributed by atoms with Crippen molar-refractivity contribution in [2.45, 2.75) is 25.3 Å². The summed E-state index contributed by atoms with van der Waals surface area (Å²) in [6.45, 7) is 5.16. The molecular formula is C16H23ClN4O2. The smallest absolute Gasteiger partial charge is 0.322 e. The second-order valence-electron chi connectivity index (χ2n) is 6.03. The SMILES string of the molecule is O=C(Nc1cccnc1Cl)N1CCCC[C@@H]1CN1CCOCC1. The summed E-state index contributed by atoms with van der Waals surface area (Å²) in [5, 5.41) is 3.22. The Morgan fingerprint density at radius 1 is 1.35 bits per heavy atom. The van der Waals surface area contributed by atoms with Crippen molar-refractivity contribution in [3.05, 3.63) is 23.5 Å². The summed E-state index contributed by atoms with van der Waals surface area (Å²) in [6, 6.07) is 3.70. The highest BCUT2D eigenvalue weighted by molar-refractivity contribution is 6.32. The van der Waals surface area contributed by atoms with Gasteiger partial charge < -0.3 is 15.0 Å². The standard InChI is InChI=1S/C16H23ClN4O2/c17-15-14(5-3-6-18-15)19-16(22)21-7-2-1-4-13(21)12-20-8-10-23-11-9-20/h3,5-6,13H,1-2,4,7-12H2,(H,19,22)/t13-/m1/s1. The number of anilines is 1. The van der Waals surface area contributed by atoms with Crippen LogP contribution in [-0.4, -0.2) is 66.2 Å². The number of pyridine rings is 1. The van der Waals surface area contributed by atoms with Crippen molar-refractivity contribution in [2.24, 2.45) is 0 Å². The van der Waals surface area contributed by atoms with E-state index in [-0.39, 0.29) is 12.1 Å². The Kier molecular flexibility index (Phi) is 5.70. The number of halogens is 1. The summed E-state index contributed by atoms with van der Waals surface area (Å²) in [7, 11) is 0. The average molecular weight is 339 g/mol. The molecule has 2 amide bonds. The van der Waals surface area contributed by atoms with E-state index in [1.807, 2.05) is 4.90 Å². The van der Waals surface area contributed by atoms with Crippen molar-refractivity contribution in [3.8, 4) is 0 Å². The number of amides is 2. The number of aromatic nitrogens is 1. The zero-order chi connectivity index (χ0) is 16.1. The van der Waals surface area contributed by atoms with Crippen molar-refractivity contribution in [1.82, 2.24) is 14.8 Å². The number of carbonyl (C=O) groups is 1. The highest BCUT2D eigenvalue weighted by Gasteiger charge is 2.29. The quantitative estimate of drug-likeness (QED) is 0.860. The van der Waals surface area contributed by atoms with E-state index in [1.165, 1.54) is 6.42 Å². The molecule has 2 aliphatic rings. The number of ether oxygens (including phenoxy) is 1. The number of rotatable bonds is 3. The molecule has 6 nitrogen and oxygen atoms in total. The second-order valence-corrected chi connectivity index (χ2v) is 6.39. The van der Waals surface area contributed by atoms with Gasteiger partial charge in [-0.3, -0.25) is 4.90 Å². The third-order valence-corrected chi connectivity index (χ3v) is 4.76. The van der Waals surface area contributed by atoms with Gasteiger partial charge in [-0.25, -0.2) is 9.78 Å². The molecule has 0 bridgehead atoms. The molecule has 2 aliphatic heterocycles. The third kappa shape index (κ3) is 4.34. The third-order valence-electron chi connectivity index (χ3n) is 4.46. The summed E-state index contributed by atoms with van der Waals surface area (Å²) in [6.07, 6.45) is 4.88. The number of likely N-dealkylation sites (tertiary alicyclic amines) is 1. The molecule has 126 valence electrons. The maximum absolute atomic E-state index is 12.7. The van der Waals surface area contributed by atoms with Gasteiger partial charge >= 0.3 is 6.03 Å². The number of piperidine rings is 1. The summed E-state index contributed by atoms with van der Waals surface area (Å²) in [4.78, 5) is 21.0. The van der Waals surface area contributed by atoms with Gasteiger partial charge in [-0.1, -0.05) is 11.6 Å². The number of nitrogens with one attached hydrogen (secondary N) is 1. The Balaban J connectivity index is 1.63. The van der Waals surface area contributed by atoms with Gasteiger partial charge in [-0.15, -0.1) is 0 Å². The number of carbonyl (C=O) groups excluding carboxylic acids is 1. The highest BCUT2D eigenvalue weighted by atomic mass is 35.5. The Bertz CT molecular complexity index is 537. The maximum Gasteiger partial charge on any atom is 0.322 e. The van der Waals surface area contributed by atoms with Crippen LogP contribution in [0.5, 0.6) is 0 Å². The first kappa shape index (κ1) is 16.5. The molecule has 2 saturated heterocycles. The average Bonchev–Trinajstić information content (AvgIpc) is 2.58. The van der Waals surface area contributed by atoms with E-state index < -0.39 is 0 Å². The summed E-state index contributed by atoms with van der Waals surface area (Å²) >= 11 is 6.03. The van der Waals surface area contributed by atoms with Crippen LogP contribution in [0.4, 0.5) is 10.5 Å². The first-order valence-electron chi connectivity index (χ1n) is 8.22. The van der Waals surface area contributed by atoms with Crippen LogP contribution in [0, 0.1) is 0 Å². The molecule has 3 heterocycles. The molecular weight excluding hydrogens is 316 g/mol. The number of nitrogens with zero attached hydrogens (tertiary/aromatic N) is 3. The van der Waals surface area contributed by atoms with Crippen LogP contribution in [0.3, 0.4) is 0 Å². The predicted molar refractivity (Wildman–Crippen MR) is 89.9 cm³/mol. The number of urea groups is 1. The van der Waals surface area contributed by atoms with Gasteiger partial charge in [0.05, 0.1) is 18.9 Å². The van der Waals surface area contributed by atoms with E-state index >= 15 is 0 Å². The Hall–Kier alpha value is -1.37. The molecule has 7 heteroatoms. The summed E-state index contributed by atoms with van der Waals surface area (Å²) in [5.41, 5.74) is 0.565. The number of morpholine rings is 1. The molecule has 0 unspecified atom stereocenters. The van der Waals surface area contributed by atoms with Gasteiger partial charge in [0, 0.05) is 38.4 Å². The molecule has 0 saturated carbocycles. The van der Waals surface area contributed by atoms with Crippen LogP contribution in [0.15, 0.2) is 18.3 Å². The fourth-order valence-corrected chi connectivity index (χ4v) is 3.37. The molecule has 1 aromatic rings. The molecule has 0 aliphatic carbocycles. The lowest BCUT2D eigenvalue weighted by Gasteiger charge is -2.39. The van der Waals surface area contributed by atoms with Crippen molar-refractivity contribution in [1.29, 1.82) is 0 Å². The van der Waals surface area contributed by atoms with Gasteiger partial charge in [0.25, 0.3) is 0 Å². The molecule has 1 N–H and O–H groups in total. The Morgan fingerprint density at radius 3 is 2.96 bits per heavy atom. The summed E-state index contributed by atoms with van der Waals surface area (Å²) < 4.78 is 5.40. The van der Waals surface area contributed by atoms with Crippen LogP contribution in [0.2, 0.25) is 5.15 Å². The van der Waals surface area contributed by atoms with E-state index in [0.717, 1.165) is 52.2 Å². The van der Waals surface area contributed by atoms with E-state index in [9.17, 15) is 4.79 Å². The van der Waals surface area contributed by atoms with Crippen LogP contribution in [0.25, 0.3) is 0 Å². The second kappa shape index (κ2) is 7.95. The predicted octanol–water partition coefficient (Wildman–Crippen LogP) is 2.45. The van der Waals surface area contributed by atoms with E-state index in [4.69, 9.17) is 16.3 Å². The number of hydrogen-bond acceptors (Lipinski definition) is 4. The van der Waals surface area contributed by atoms with Gasteiger partial charge in [-0.05, 0) is 31.4 Å². The zero-order valence-electron chi connectivity index (χ0n) is 13.2. The van der Waals surface area contributed by atoms with Crippen LogP contribution in [-0.2, 0) is 4.74 Å². The van der Waals surface area contributed by atoms with E-state index in [0.29, 0.717) is 10.8 Å². The Morgan fingerprint density at radius 2 is 2.17 bits per heavy atom. The first-order chi connectivity index (χ1) is 11.2. The first-order valence-corrected chi connectivity index (χ1v) is 8.60. The fourth-order valence-electron chi connectivity index (χ4n) is 3.21. The van der Waals surface area contributed by atoms with Crippen LogP contribution < -0.4 is 5.32 Å². The minimum atomic E-state index is -0.0853. The van der Waals surface area contributed by atoms with Crippen molar-refractivity contribution < 1.29 is 9.53 Å². The Labute approximate surface area is 141 Å². The lowest BCUT2D eigenvalue weighted by molar-refractivity contribution is 0.0229. The van der Waals surface area contributed by atoms with Crippen LogP contribution in [0.1, 0.15) is 19.3 Å². The van der Waals surface area contributed by atoms with Crippen molar-refractivity contribution in [3.63, 3.8) is 0 Å². The maximum atomic E-state index is 12.7. The fraction of sp³-hybridized carbons (Fsp3) is 0.625. The van der Waals surface area contributed by atoms with Gasteiger partial charge in [0.15, 0.2) is 5.15 Å². The highest BCUT2D eigenvalue weighted by Crippen LogP contribution is 2.22. The molecule has 0 radical (unpaired) electrons. The lowest BCUT2D eigenvalue weighted by atomic mass is 10.0. The van der Waals surface area contributed by atoms with Gasteiger partial charge in [0.2, 0.25) is 0 Å². The molecule has 0 spiro atoms. The van der Waals surface area contributed by atoms with Gasteiger partial charge in [0.1, 0.15) is 0 Å². The lowest BCUT2D eigenvalue weighted by Crippen LogP contribution is -2.52. The number of hydrogen-bond donors (Lipinski definition) is 1. The van der Waals surface area contributed by atoms with Crippen LogP contribution >= 0.6 is 11.6 Å². The molecule has 0 aromatic carbocycles. The topological polar surface area (TPSA) is 57.7 Å². The van der Waals surface area contributed by atoms with Gasteiger partial charge in [-0.2, -0.15) is 0 Å². The monoisotopic (exact) mass is 338 g/mol. The zero-order valence-corrected chi connectivity index (χ0v) is 14.0. The van der Waals surface area contributed by atoms with E-state index in [1.54, 1.807) is 18.3 Å². The molecule has 1 atom stereocenters. The molecule has 2 fully saturated rings. The molecule has 1 aromatic heterocycles. The molecule has 3 rings (SSSR count). The largest absolute Gasteiger partial charge is 0.379 e. The van der Waals surface area contributed by atoms with E-state index in [2.05, 4.69) is 15.2 Å².